The smallest absolute Gasteiger partial charge is 0.316 e. The van der Waals surface area contributed by atoms with Crippen LogP contribution in [0.3, 0.4) is 0 Å². The van der Waals surface area contributed by atoms with E-state index in [0.29, 0.717) is 0 Å². The maximum absolute atomic E-state index is 11.5. The van der Waals surface area contributed by atoms with Crippen molar-refractivity contribution in [3.05, 3.63) is 65.7 Å². The highest BCUT2D eigenvalue weighted by Crippen LogP contribution is 2.37. The molecule has 0 aliphatic heterocycles. The fraction of sp³-hybridized carbons (Fsp3) is 0.261. The number of fused-ring (bicyclic) bond motifs is 1. The highest BCUT2D eigenvalue weighted by atomic mass is 16.2. The molecule has 2 amide bonds. The third-order valence-electron chi connectivity index (χ3n) is 4.77. The summed E-state index contributed by atoms with van der Waals surface area (Å²) in [5.41, 5.74) is 10.8. The molecule has 0 unspecified atom stereocenters. The van der Waals surface area contributed by atoms with Crippen molar-refractivity contribution in [1.82, 2.24) is 0 Å². The molecule has 26 heavy (non-hydrogen) atoms. The Labute approximate surface area is 155 Å². The van der Waals surface area contributed by atoms with Gasteiger partial charge >= 0.3 is 6.03 Å². The van der Waals surface area contributed by atoms with Gasteiger partial charge in [0.05, 0.1) is 0 Å². The fourth-order valence-corrected chi connectivity index (χ4v) is 3.40. The van der Waals surface area contributed by atoms with Gasteiger partial charge in [0.25, 0.3) is 0 Å². The Bertz CT molecular complexity index is 928. The first kappa shape index (κ1) is 18.0. The third-order valence-corrected chi connectivity index (χ3v) is 4.77. The maximum atomic E-state index is 11.5. The van der Waals surface area contributed by atoms with Crippen LogP contribution in [0.5, 0.6) is 0 Å². The number of hydrogen-bond acceptors (Lipinski definition) is 1. The number of benzene rings is 3. The Kier molecular flexibility index (Phi) is 4.99. The van der Waals surface area contributed by atoms with E-state index in [1.54, 1.807) is 0 Å². The number of rotatable bonds is 4. The minimum absolute atomic E-state index is 0.273. The molecule has 0 aliphatic carbocycles. The molecule has 0 radical (unpaired) electrons. The number of primary amides is 1. The lowest BCUT2D eigenvalue weighted by molar-refractivity contribution is 0.259. The van der Waals surface area contributed by atoms with Gasteiger partial charge in [0.15, 0.2) is 0 Å². The summed E-state index contributed by atoms with van der Waals surface area (Å²) in [5.74, 6) is 0.546. The predicted molar refractivity (Wildman–Crippen MR) is 111 cm³/mol. The van der Waals surface area contributed by atoms with Crippen molar-refractivity contribution in [2.24, 2.45) is 5.73 Å². The first-order chi connectivity index (χ1) is 12.4. The molecule has 134 valence electrons. The van der Waals surface area contributed by atoms with Crippen molar-refractivity contribution < 1.29 is 4.79 Å². The molecule has 0 bridgehead atoms. The second-order valence-corrected chi connectivity index (χ2v) is 7.39. The average Bonchev–Trinajstić information content (AvgIpc) is 2.60. The first-order valence-electron chi connectivity index (χ1n) is 9.10. The molecule has 3 aromatic rings. The van der Waals surface area contributed by atoms with E-state index in [1.807, 2.05) is 0 Å². The molecular weight excluding hydrogens is 320 g/mol. The second-order valence-electron chi connectivity index (χ2n) is 7.39. The van der Waals surface area contributed by atoms with E-state index in [9.17, 15) is 4.79 Å². The van der Waals surface area contributed by atoms with Gasteiger partial charge in [-0.1, -0.05) is 64.1 Å². The zero-order valence-corrected chi connectivity index (χ0v) is 15.8. The van der Waals surface area contributed by atoms with Crippen molar-refractivity contribution in [2.45, 2.75) is 39.5 Å². The minimum atomic E-state index is -0.521. The summed E-state index contributed by atoms with van der Waals surface area (Å²) in [6.45, 7) is 8.54. The van der Waals surface area contributed by atoms with E-state index in [1.165, 1.54) is 16.3 Å². The Morgan fingerprint density at radius 3 is 1.92 bits per heavy atom. The van der Waals surface area contributed by atoms with E-state index in [2.05, 4.69) is 87.6 Å². The van der Waals surface area contributed by atoms with Gasteiger partial charge in [0.1, 0.15) is 0 Å². The number of anilines is 1. The van der Waals surface area contributed by atoms with Crippen LogP contribution < -0.4 is 11.1 Å². The standard InChI is InChI=1S/C23H26N2O/c1-14(2)20-12-19(13-21(15(3)4)22(20)25-23(24)26)18-10-9-16-7-5-6-8-17(16)11-18/h5-15H,1-4H3,(H3,24,25,26). The number of urea groups is 1. The summed E-state index contributed by atoms with van der Waals surface area (Å²) in [6.07, 6.45) is 0. The summed E-state index contributed by atoms with van der Waals surface area (Å²) in [4.78, 5) is 11.5. The van der Waals surface area contributed by atoms with Crippen molar-refractivity contribution in [3.8, 4) is 11.1 Å². The monoisotopic (exact) mass is 346 g/mol. The summed E-state index contributed by atoms with van der Waals surface area (Å²) in [7, 11) is 0. The van der Waals surface area contributed by atoms with E-state index >= 15 is 0 Å². The largest absolute Gasteiger partial charge is 0.351 e. The maximum Gasteiger partial charge on any atom is 0.316 e. The molecule has 3 N–H and O–H groups in total. The molecule has 0 spiro atoms. The van der Waals surface area contributed by atoms with Crippen LogP contribution in [0.4, 0.5) is 10.5 Å². The molecule has 0 atom stereocenters. The molecule has 3 nitrogen and oxygen atoms in total. The Morgan fingerprint density at radius 2 is 1.38 bits per heavy atom. The summed E-state index contributed by atoms with van der Waals surface area (Å²) >= 11 is 0. The lowest BCUT2D eigenvalue weighted by Gasteiger charge is -2.21. The van der Waals surface area contributed by atoms with Crippen LogP contribution in [0.25, 0.3) is 21.9 Å². The van der Waals surface area contributed by atoms with Gasteiger partial charge in [0, 0.05) is 5.69 Å². The zero-order chi connectivity index (χ0) is 18.8. The van der Waals surface area contributed by atoms with Gasteiger partial charge in [-0.15, -0.1) is 0 Å². The normalized spacial score (nSPS) is 11.3. The average molecular weight is 346 g/mol. The number of carbonyl (C=O) groups excluding carboxylic acids is 1. The van der Waals surface area contributed by atoms with Gasteiger partial charge in [-0.3, -0.25) is 0 Å². The fourth-order valence-electron chi connectivity index (χ4n) is 3.40. The molecule has 0 fully saturated rings. The Balaban J connectivity index is 2.21. The number of hydrogen-bond donors (Lipinski definition) is 2. The molecule has 0 aliphatic rings. The Morgan fingerprint density at radius 1 is 0.808 bits per heavy atom. The first-order valence-corrected chi connectivity index (χ1v) is 9.10. The molecule has 0 heterocycles. The molecule has 3 heteroatoms. The molecule has 3 aromatic carbocycles. The van der Waals surface area contributed by atoms with Crippen molar-refractivity contribution in [2.75, 3.05) is 5.32 Å². The van der Waals surface area contributed by atoms with E-state index < -0.39 is 6.03 Å². The van der Waals surface area contributed by atoms with Gasteiger partial charge in [0.2, 0.25) is 0 Å². The van der Waals surface area contributed by atoms with Crippen LogP contribution in [0.15, 0.2) is 54.6 Å². The molecule has 0 saturated heterocycles. The van der Waals surface area contributed by atoms with E-state index in [0.717, 1.165) is 22.4 Å². The zero-order valence-electron chi connectivity index (χ0n) is 15.8. The summed E-state index contributed by atoms with van der Waals surface area (Å²) in [6, 6.07) is 18.7. The highest BCUT2D eigenvalue weighted by molar-refractivity contribution is 5.92. The van der Waals surface area contributed by atoms with Crippen LogP contribution in [0.1, 0.15) is 50.7 Å². The highest BCUT2D eigenvalue weighted by Gasteiger charge is 2.17. The van der Waals surface area contributed by atoms with Gasteiger partial charge in [-0.25, -0.2) is 4.79 Å². The summed E-state index contributed by atoms with van der Waals surface area (Å²) in [5, 5.41) is 5.31. The number of carbonyl (C=O) groups is 1. The third kappa shape index (κ3) is 3.57. The Hall–Kier alpha value is -2.81. The quantitative estimate of drug-likeness (QED) is 0.577. The number of nitrogens with two attached hydrogens (primary N) is 1. The van der Waals surface area contributed by atoms with Gasteiger partial charge in [-0.05, 0) is 63.1 Å². The molecule has 3 rings (SSSR count). The van der Waals surface area contributed by atoms with Gasteiger partial charge in [-0.2, -0.15) is 0 Å². The molecule has 0 aromatic heterocycles. The topological polar surface area (TPSA) is 55.1 Å². The lowest BCUT2D eigenvalue weighted by Crippen LogP contribution is -2.22. The van der Waals surface area contributed by atoms with Gasteiger partial charge < -0.3 is 11.1 Å². The van der Waals surface area contributed by atoms with E-state index in [4.69, 9.17) is 5.73 Å². The van der Waals surface area contributed by atoms with Crippen LogP contribution >= 0.6 is 0 Å². The second kappa shape index (κ2) is 7.20. The van der Waals surface area contributed by atoms with E-state index in [-0.39, 0.29) is 11.8 Å². The van der Waals surface area contributed by atoms with Crippen LogP contribution in [0.2, 0.25) is 0 Å². The predicted octanol–water partition coefficient (Wildman–Crippen LogP) is 6.24. The van der Waals surface area contributed by atoms with Crippen LogP contribution in [-0.4, -0.2) is 6.03 Å². The van der Waals surface area contributed by atoms with Crippen LogP contribution in [0, 0.1) is 0 Å². The number of amides is 2. The minimum Gasteiger partial charge on any atom is -0.351 e. The van der Waals surface area contributed by atoms with Crippen molar-refractivity contribution >= 4 is 22.5 Å². The lowest BCUT2D eigenvalue weighted by atomic mass is 9.88. The SMILES string of the molecule is CC(C)c1cc(-c2ccc3ccccc3c2)cc(C(C)C)c1NC(N)=O. The van der Waals surface area contributed by atoms with Crippen molar-refractivity contribution in [3.63, 3.8) is 0 Å². The van der Waals surface area contributed by atoms with Crippen LogP contribution in [-0.2, 0) is 0 Å². The summed E-state index contributed by atoms with van der Waals surface area (Å²) < 4.78 is 0. The van der Waals surface area contributed by atoms with Crippen molar-refractivity contribution in [1.29, 1.82) is 0 Å². The molecular formula is C23H26N2O. The molecule has 0 saturated carbocycles. The number of nitrogens with one attached hydrogen (secondary N) is 1.